The van der Waals surface area contributed by atoms with Crippen LogP contribution in [0.5, 0.6) is 5.88 Å². The van der Waals surface area contributed by atoms with Gasteiger partial charge in [-0.25, -0.2) is 27.7 Å². The van der Waals surface area contributed by atoms with E-state index in [0.29, 0.717) is 27.9 Å². The Morgan fingerprint density at radius 2 is 1.81 bits per heavy atom. The zero-order valence-electron chi connectivity index (χ0n) is 19.7. The fraction of sp³-hybridized carbons (Fsp3) is 0.0741. The largest absolute Gasteiger partial charge is 0.494 e. The van der Waals surface area contributed by atoms with Crippen LogP contribution in [0.3, 0.4) is 0 Å². The fourth-order valence-electron chi connectivity index (χ4n) is 3.91. The van der Waals surface area contributed by atoms with Gasteiger partial charge in [0.25, 0.3) is 5.56 Å². The van der Waals surface area contributed by atoms with E-state index in [1.54, 1.807) is 48.5 Å². The number of hydrogen-bond donors (Lipinski definition) is 2. The number of aryl methyl sites for hydroxylation is 1. The Hall–Kier alpha value is -4.54. The number of nitrogens with zero attached hydrogens (tertiary/aromatic N) is 3. The third-order valence-electron chi connectivity index (χ3n) is 5.71. The first kappa shape index (κ1) is 24.2. The van der Waals surface area contributed by atoms with E-state index in [9.17, 15) is 18.3 Å². The van der Waals surface area contributed by atoms with Crippen LogP contribution in [0.15, 0.2) is 104 Å². The molecule has 37 heavy (non-hydrogen) atoms. The van der Waals surface area contributed by atoms with E-state index < -0.39 is 15.6 Å². The number of fused-ring (bicyclic) bond motifs is 1. The van der Waals surface area contributed by atoms with E-state index in [1.165, 1.54) is 30.7 Å². The first-order valence-electron chi connectivity index (χ1n) is 11.3. The van der Waals surface area contributed by atoms with Crippen molar-refractivity contribution in [1.29, 1.82) is 0 Å². The lowest BCUT2D eigenvalue weighted by Crippen LogP contribution is -2.24. The molecule has 0 amide bonds. The molecule has 0 radical (unpaired) electrons. The average molecular weight is 515 g/mol. The Labute approximate surface area is 212 Å². The number of hydrogen-bond acceptors (Lipinski definition) is 7. The van der Waals surface area contributed by atoms with Crippen LogP contribution in [0.25, 0.3) is 16.5 Å². The summed E-state index contributed by atoms with van der Waals surface area (Å²) < 4.78 is 34.6. The van der Waals surface area contributed by atoms with Gasteiger partial charge >= 0.3 is 0 Å². The van der Waals surface area contributed by atoms with Crippen molar-refractivity contribution in [3.8, 4) is 11.6 Å². The number of sulfonamides is 1. The van der Waals surface area contributed by atoms with Gasteiger partial charge in [0.05, 0.1) is 29.0 Å². The lowest BCUT2D eigenvalue weighted by atomic mass is 10.1. The lowest BCUT2D eigenvalue weighted by molar-refractivity contribution is 0.436. The topological polar surface area (TPSA) is 127 Å². The van der Waals surface area contributed by atoms with Crippen molar-refractivity contribution in [1.82, 2.24) is 14.3 Å². The molecule has 9 nitrogen and oxygen atoms in total. The molecule has 0 saturated heterocycles. The number of pyridine rings is 2. The van der Waals surface area contributed by atoms with E-state index in [-0.39, 0.29) is 23.0 Å². The number of aromatic hydroxyl groups is 1. The van der Waals surface area contributed by atoms with Crippen LogP contribution in [0, 0.1) is 6.92 Å². The highest BCUT2D eigenvalue weighted by Crippen LogP contribution is 2.27. The number of rotatable bonds is 7. The molecule has 3 heterocycles. The lowest BCUT2D eigenvalue weighted by Gasteiger charge is -2.15. The van der Waals surface area contributed by atoms with Crippen LogP contribution in [0.4, 0.5) is 5.82 Å². The summed E-state index contributed by atoms with van der Waals surface area (Å²) in [6.45, 7) is 1.81. The van der Waals surface area contributed by atoms with E-state index in [0.717, 1.165) is 10.3 Å². The summed E-state index contributed by atoms with van der Waals surface area (Å²) >= 11 is 0. The molecule has 0 atom stereocenters. The molecule has 2 N–H and O–H groups in total. The van der Waals surface area contributed by atoms with Gasteiger partial charge in [-0.15, -0.1) is 0 Å². The molecule has 0 fully saturated rings. The highest BCUT2D eigenvalue weighted by molar-refractivity contribution is 7.89. The quantitative estimate of drug-likeness (QED) is 0.313. The normalized spacial score (nSPS) is 11.9. The van der Waals surface area contributed by atoms with Crippen LogP contribution in [0.1, 0.15) is 17.0 Å². The standard InChI is InChI=1S/C27H22N4O5S/c1-18-7-4-13-25(30-18)28-17-24-22-11-2-3-12-23(22)26(32)31(27(24)33)19-8-5-10-21(15-19)37(34,35)29-16-20-9-6-14-36-20/h2-15,17,29,33H,16H2,1H3. The molecule has 3 aromatic heterocycles. The van der Waals surface area contributed by atoms with Crippen LogP contribution in [0.2, 0.25) is 0 Å². The van der Waals surface area contributed by atoms with E-state index in [1.807, 2.05) is 19.1 Å². The molecule has 0 aliphatic carbocycles. The first-order valence-corrected chi connectivity index (χ1v) is 12.8. The van der Waals surface area contributed by atoms with Crippen LogP contribution in [-0.2, 0) is 16.6 Å². The third-order valence-corrected chi connectivity index (χ3v) is 7.10. The van der Waals surface area contributed by atoms with Gasteiger partial charge in [0.15, 0.2) is 5.82 Å². The minimum atomic E-state index is -3.94. The summed E-state index contributed by atoms with van der Waals surface area (Å²) in [5, 5.41) is 12.1. The smallest absolute Gasteiger partial charge is 0.265 e. The summed E-state index contributed by atoms with van der Waals surface area (Å²) in [6, 6.07) is 21.3. The van der Waals surface area contributed by atoms with Crippen molar-refractivity contribution >= 4 is 32.8 Å². The molecule has 0 bridgehead atoms. The van der Waals surface area contributed by atoms with Gasteiger partial charge in [-0.2, -0.15) is 0 Å². The second-order valence-electron chi connectivity index (χ2n) is 8.22. The highest BCUT2D eigenvalue weighted by atomic mass is 32.2. The van der Waals surface area contributed by atoms with Crippen molar-refractivity contribution < 1.29 is 17.9 Å². The van der Waals surface area contributed by atoms with E-state index in [4.69, 9.17) is 4.42 Å². The molecule has 5 aromatic rings. The molecule has 186 valence electrons. The fourth-order valence-corrected chi connectivity index (χ4v) is 4.95. The van der Waals surface area contributed by atoms with Crippen molar-refractivity contribution in [2.75, 3.05) is 0 Å². The molecular formula is C27H22N4O5S. The van der Waals surface area contributed by atoms with E-state index >= 15 is 0 Å². The molecule has 0 aliphatic rings. The van der Waals surface area contributed by atoms with E-state index in [2.05, 4.69) is 14.7 Å². The highest BCUT2D eigenvalue weighted by Gasteiger charge is 2.19. The minimum absolute atomic E-state index is 0.0334. The van der Waals surface area contributed by atoms with Crippen molar-refractivity contribution in [2.45, 2.75) is 18.4 Å². The molecule has 0 spiro atoms. The molecular weight excluding hydrogens is 492 g/mol. The average Bonchev–Trinajstić information content (AvgIpc) is 3.42. The number of benzene rings is 2. The summed E-state index contributed by atoms with van der Waals surface area (Å²) in [4.78, 5) is 22.1. The molecule has 5 rings (SSSR count). The summed E-state index contributed by atoms with van der Waals surface area (Å²) in [6.07, 6.45) is 2.90. The van der Waals surface area contributed by atoms with Crippen LogP contribution < -0.4 is 10.3 Å². The monoisotopic (exact) mass is 514 g/mol. The number of nitrogens with one attached hydrogen (secondary N) is 1. The van der Waals surface area contributed by atoms with Gasteiger partial charge < -0.3 is 9.52 Å². The molecule has 2 aromatic carbocycles. The number of aliphatic imine (C=N–C) groups is 1. The first-order chi connectivity index (χ1) is 17.8. The predicted molar refractivity (Wildman–Crippen MR) is 140 cm³/mol. The van der Waals surface area contributed by atoms with Gasteiger partial charge in [0.2, 0.25) is 15.9 Å². The second kappa shape index (κ2) is 9.84. The van der Waals surface area contributed by atoms with Crippen LogP contribution >= 0.6 is 0 Å². The van der Waals surface area contributed by atoms with Gasteiger partial charge in [0.1, 0.15) is 5.76 Å². The summed E-state index contributed by atoms with van der Waals surface area (Å²) in [5.41, 5.74) is 0.754. The Morgan fingerprint density at radius 1 is 1.03 bits per heavy atom. The summed E-state index contributed by atoms with van der Waals surface area (Å²) in [7, 11) is -3.94. The minimum Gasteiger partial charge on any atom is -0.494 e. The van der Waals surface area contributed by atoms with Crippen molar-refractivity contribution in [2.24, 2.45) is 4.99 Å². The predicted octanol–water partition coefficient (Wildman–Crippen LogP) is 4.22. The maximum absolute atomic E-state index is 13.4. The van der Waals surface area contributed by atoms with Gasteiger partial charge in [0, 0.05) is 22.7 Å². The summed E-state index contributed by atoms with van der Waals surface area (Å²) in [5.74, 6) is 0.519. The third kappa shape index (κ3) is 4.92. The van der Waals surface area contributed by atoms with Crippen LogP contribution in [-0.4, -0.2) is 29.3 Å². The van der Waals surface area contributed by atoms with Crippen molar-refractivity contribution in [3.05, 3.63) is 112 Å². The Morgan fingerprint density at radius 3 is 2.57 bits per heavy atom. The SMILES string of the molecule is Cc1cccc(N=Cc2c(O)n(-c3cccc(S(=O)(=O)NCc4ccco4)c3)c(=O)c3ccccc23)n1. The molecule has 10 heteroatoms. The number of aromatic nitrogens is 2. The van der Waals surface area contributed by atoms with Gasteiger partial charge in [-0.3, -0.25) is 4.79 Å². The van der Waals surface area contributed by atoms with Gasteiger partial charge in [-0.05, 0) is 55.5 Å². The maximum Gasteiger partial charge on any atom is 0.265 e. The Kier molecular flexibility index (Phi) is 6.43. The zero-order chi connectivity index (χ0) is 26.0. The zero-order valence-corrected chi connectivity index (χ0v) is 20.5. The number of furan rings is 1. The molecule has 0 aliphatic heterocycles. The second-order valence-corrected chi connectivity index (χ2v) is 9.99. The molecule has 0 unspecified atom stereocenters. The Balaban J connectivity index is 1.61. The van der Waals surface area contributed by atoms with Gasteiger partial charge in [-0.1, -0.05) is 30.3 Å². The Bertz CT molecular complexity index is 1790. The maximum atomic E-state index is 13.4. The molecule has 0 saturated carbocycles. The van der Waals surface area contributed by atoms with Crippen molar-refractivity contribution in [3.63, 3.8) is 0 Å².